The lowest BCUT2D eigenvalue weighted by atomic mass is 9.78. The maximum absolute atomic E-state index is 12.8. The number of carboxylic acids is 1. The lowest BCUT2D eigenvalue weighted by Gasteiger charge is -2.34. The van der Waals surface area contributed by atoms with Crippen LogP contribution in [0, 0.1) is 11.8 Å². The molecule has 0 spiro atoms. The van der Waals surface area contributed by atoms with Gasteiger partial charge in [0.25, 0.3) is 0 Å². The van der Waals surface area contributed by atoms with Crippen LogP contribution >= 0.6 is 11.3 Å². The van der Waals surface area contributed by atoms with Gasteiger partial charge in [0.2, 0.25) is 5.91 Å². The van der Waals surface area contributed by atoms with Gasteiger partial charge in [0.05, 0.1) is 18.4 Å². The summed E-state index contributed by atoms with van der Waals surface area (Å²) in [5.74, 6) is -1.70. The van der Waals surface area contributed by atoms with Gasteiger partial charge in [0.15, 0.2) is 0 Å². The lowest BCUT2D eigenvalue weighted by Crippen LogP contribution is -2.45. The minimum absolute atomic E-state index is 0.00509. The topological polar surface area (TPSA) is 57.6 Å². The molecule has 0 saturated heterocycles. The van der Waals surface area contributed by atoms with E-state index < -0.39 is 11.9 Å². The zero-order valence-corrected chi connectivity index (χ0v) is 13.4. The van der Waals surface area contributed by atoms with Gasteiger partial charge in [-0.15, -0.1) is 11.3 Å². The van der Waals surface area contributed by atoms with Crippen LogP contribution < -0.4 is 0 Å². The van der Waals surface area contributed by atoms with Crippen LogP contribution in [0.5, 0.6) is 0 Å². The molecule has 1 aliphatic carbocycles. The first-order valence-electron chi connectivity index (χ1n) is 7.56. The Morgan fingerprint density at radius 2 is 2.00 bits per heavy atom. The molecule has 5 heteroatoms. The molecule has 1 aromatic rings. The Hall–Kier alpha value is -1.36. The van der Waals surface area contributed by atoms with Gasteiger partial charge in [0.1, 0.15) is 0 Å². The van der Waals surface area contributed by atoms with Crippen molar-refractivity contribution in [1.82, 2.24) is 4.90 Å². The highest BCUT2D eigenvalue weighted by molar-refractivity contribution is 7.09. The van der Waals surface area contributed by atoms with Gasteiger partial charge in [0, 0.05) is 10.9 Å². The van der Waals surface area contributed by atoms with Crippen molar-refractivity contribution >= 4 is 23.2 Å². The van der Waals surface area contributed by atoms with Crippen LogP contribution in [-0.2, 0) is 16.1 Å². The molecule has 0 aromatic carbocycles. The molecule has 0 unspecified atom stereocenters. The smallest absolute Gasteiger partial charge is 0.307 e. The zero-order valence-electron chi connectivity index (χ0n) is 12.6. The zero-order chi connectivity index (χ0) is 15.4. The predicted octanol–water partition coefficient (Wildman–Crippen LogP) is 3.38. The van der Waals surface area contributed by atoms with Crippen molar-refractivity contribution in [3.8, 4) is 0 Å². The Morgan fingerprint density at radius 3 is 2.52 bits per heavy atom. The van der Waals surface area contributed by atoms with Crippen molar-refractivity contribution < 1.29 is 14.7 Å². The number of hydrogen-bond acceptors (Lipinski definition) is 3. The van der Waals surface area contributed by atoms with E-state index in [1.807, 2.05) is 36.3 Å². The van der Waals surface area contributed by atoms with Crippen molar-refractivity contribution in [2.75, 3.05) is 0 Å². The van der Waals surface area contributed by atoms with E-state index in [9.17, 15) is 14.7 Å². The Kier molecular flexibility index (Phi) is 5.39. The predicted molar refractivity (Wildman–Crippen MR) is 83.1 cm³/mol. The summed E-state index contributed by atoms with van der Waals surface area (Å²) in [6.45, 7) is 4.56. The quantitative estimate of drug-likeness (QED) is 0.907. The summed E-state index contributed by atoms with van der Waals surface area (Å²) < 4.78 is 0. The van der Waals surface area contributed by atoms with Crippen LogP contribution in [0.15, 0.2) is 17.5 Å². The van der Waals surface area contributed by atoms with E-state index in [0.29, 0.717) is 19.4 Å². The average Bonchev–Trinajstić information content (AvgIpc) is 2.96. The van der Waals surface area contributed by atoms with Crippen molar-refractivity contribution in [3.05, 3.63) is 22.4 Å². The molecule has 2 atom stereocenters. The molecule has 21 heavy (non-hydrogen) atoms. The standard InChI is InChI=1S/C16H23NO3S/c1-11(2)17(10-12-6-5-9-21-12)15(18)13-7-3-4-8-14(13)16(19)20/h5-6,9,11,13-14H,3-4,7-8,10H2,1-2H3,(H,19,20)/t13-,14+/m1/s1. The van der Waals surface area contributed by atoms with Crippen LogP contribution in [-0.4, -0.2) is 27.9 Å². The van der Waals surface area contributed by atoms with E-state index >= 15 is 0 Å². The van der Waals surface area contributed by atoms with E-state index in [1.54, 1.807) is 11.3 Å². The summed E-state index contributed by atoms with van der Waals surface area (Å²) in [6.07, 6.45) is 3.18. The van der Waals surface area contributed by atoms with Crippen molar-refractivity contribution in [1.29, 1.82) is 0 Å². The Balaban J connectivity index is 2.14. The summed E-state index contributed by atoms with van der Waals surface area (Å²) in [4.78, 5) is 27.2. The molecule has 0 aliphatic heterocycles. The highest BCUT2D eigenvalue weighted by Crippen LogP contribution is 2.32. The molecule has 1 amide bonds. The Labute approximate surface area is 129 Å². The number of rotatable bonds is 5. The van der Waals surface area contributed by atoms with E-state index in [2.05, 4.69) is 0 Å². The second-order valence-electron chi connectivity index (χ2n) is 5.97. The van der Waals surface area contributed by atoms with Gasteiger partial charge in [-0.25, -0.2) is 0 Å². The summed E-state index contributed by atoms with van der Waals surface area (Å²) in [6, 6.07) is 4.07. The van der Waals surface area contributed by atoms with Gasteiger partial charge in [-0.1, -0.05) is 18.9 Å². The maximum atomic E-state index is 12.8. The maximum Gasteiger partial charge on any atom is 0.307 e. The number of thiophene rings is 1. The van der Waals surface area contributed by atoms with Crippen molar-refractivity contribution in [3.63, 3.8) is 0 Å². The number of carbonyl (C=O) groups is 2. The monoisotopic (exact) mass is 309 g/mol. The Morgan fingerprint density at radius 1 is 1.33 bits per heavy atom. The summed E-state index contributed by atoms with van der Waals surface area (Å²) in [7, 11) is 0. The summed E-state index contributed by atoms with van der Waals surface area (Å²) in [5.41, 5.74) is 0. The third-order valence-corrected chi connectivity index (χ3v) is 5.07. The third-order valence-electron chi connectivity index (χ3n) is 4.21. The second-order valence-corrected chi connectivity index (χ2v) is 7.01. The molecule has 2 rings (SSSR count). The number of nitrogens with zero attached hydrogens (tertiary/aromatic N) is 1. The Bertz CT molecular complexity index is 484. The minimum atomic E-state index is -0.826. The van der Waals surface area contributed by atoms with Gasteiger partial charge < -0.3 is 10.0 Å². The van der Waals surface area contributed by atoms with Crippen LogP contribution in [0.4, 0.5) is 0 Å². The lowest BCUT2D eigenvalue weighted by molar-refractivity contribution is -0.153. The first-order chi connectivity index (χ1) is 10.0. The molecule has 1 saturated carbocycles. The van der Waals surface area contributed by atoms with E-state index in [1.165, 1.54) is 0 Å². The fourth-order valence-corrected chi connectivity index (χ4v) is 3.72. The van der Waals surface area contributed by atoms with Crippen LogP contribution in [0.25, 0.3) is 0 Å². The molecule has 1 aromatic heterocycles. The SMILES string of the molecule is CC(C)N(Cc1cccs1)C(=O)[C@@H]1CCCC[C@@H]1C(=O)O. The van der Waals surface area contributed by atoms with Crippen molar-refractivity contribution in [2.45, 2.75) is 52.1 Å². The fourth-order valence-electron chi connectivity index (χ4n) is 3.02. The number of hydrogen-bond donors (Lipinski definition) is 1. The number of amides is 1. The average molecular weight is 309 g/mol. The summed E-state index contributed by atoms with van der Waals surface area (Å²) in [5, 5.41) is 11.4. The molecule has 1 heterocycles. The highest BCUT2D eigenvalue weighted by atomic mass is 32.1. The molecular weight excluding hydrogens is 286 g/mol. The summed E-state index contributed by atoms with van der Waals surface area (Å²) >= 11 is 1.63. The largest absolute Gasteiger partial charge is 0.481 e. The van der Waals surface area contributed by atoms with Crippen LogP contribution in [0.3, 0.4) is 0 Å². The molecule has 4 nitrogen and oxygen atoms in total. The molecule has 1 fully saturated rings. The van der Waals surface area contributed by atoms with Gasteiger partial charge in [-0.2, -0.15) is 0 Å². The molecular formula is C16H23NO3S. The van der Waals surface area contributed by atoms with E-state index in [-0.39, 0.29) is 17.9 Å². The minimum Gasteiger partial charge on any atom is -0.481 e. The molecule has 0 bridgehead atoms. The van der Waals surface area contributed by atoms with Gasteiger partial charge in [-0.3, -0.25) is 9.59 Å². The van der Waals surface area contributed by atoms with Crippen molar-refractivity contribution in [2.24, 2.45) is 11.8 Å². The molecule has 116 valence electrons. The number of aliphatic carboxylic acids is 1. The second kappa shape index (κ2) is 7.07. The van der Waals surface area contributed by atoms with E-state index in [4.69, 9.17) is 0 Å². The third kappa shape index (κ3) is 3.84. The van der Waals surface area contributed by atoms with E-state index in [0.717, 1.165) is 17.7 Å². The van der Waals surface area contributed by atoms with Gasteiger partial charge >= 0.3 is 5.97 Å². The van der Waals surface area contributed by atoms with Crippen LogP contribution in [0.1, 0.15) is 44.4 Å². The molecule has 1 N–H and O–H groups in total. The molecule has 0 radical (unpaired) electrons. The molecule has 1 aliphatic rings. The first kappa shape index (κ1) is 16.0. The van der Waals surface area contributed by atoms with Crippen LogP contribution in [0.2, 0.25) is 0 Å². The first-order valence-corrected chi connectivity index (χ1v) is 8.44. The number of carboxylic acid groups (broad SMARTS) is 1. The number of carbonyl (C=O) groups excluding carboxylic acids is 1. The highest BCUT2D eigenvalue weighted by Gasteiger charge is 2.38. The van der Waals surface area contributed by atoms with Gasteiger partial charge in [-0.05, 0) is 38.1 Å². The fraction of sp³-hybridized carbons (Fsp3) is 0.625. The normalized spacial score (nSPS) is 22.2.